The van der Waals surface area contributed by atoms with E-state index in [-0.39, 0.29) is 22.3 Å². The minimum absolute atomic E-state index is 0.0181. The van der Waals surface area contributed by atoms with E-state index in [0.29, 0.717) is 18.4 Å². The highest BCUT2D eigenvalue weighted by atomic mass is 32.2. The lowest BCUT2D eigenvalue weighted by atomic mass is 9.80. The van der Waals surface area contributed by atoms with Crippen molar-refractivity contribution in [3.8, 4) is 0 Å². The monoisotopic (exact) mass is 373 g/mol. The largest absolute Gasteiger partial charge is 0.481 e. The van der Waals surface area contributed by atoms with Crippen LogP contribution >= 0.6 is 0 Å². The van der Waals surface area contributed by atoms with Crippen LogP contribution in [0.15, 0.2) is 59.5 Å². The van der Waals surface area contributed by atoms with E-state index < -0.39 is 27.6 Å². The van der Waals surface area contributed by atoms with E-state index >= 15 is 0 Å². The van der Waals surface area contributed by atoms with E-state index in [0.717, 1.165) is 0 Å². The Labute approximate surface area is 151 Å². The molecule has 1 aliphatic carbocycles. The van der Waals surface area contributed by atoms with Crippen LogP contribution < -0.4 is 5.32 Å². The van der Waals surface area contributed by atoms with Gasteiger partial charge in [0.2, 0.25) is 0 Å². The van der Waals surface area contributed by atoms with Gasteiger partial charge in [-0.15, -0.1) is 0 Å². The second-order valence-electron chi connectivity index (χ2n) is 6.42. The molecule has 1 amide bonds. The third kappa shape index (κ3) is 3.94. The molecule has 6 nitrogen and oxygen atoms in total. The van der Waals surface area contributed by atoms with Crippen molar-refractivity contribution in [3.63, 3.8) is 0 Å². The first kappa shape index (κ1) is 18.1. The summed E-state index contributed by atoms with van der Waals surface area (Å²) in [6.07, 6.45) is 0.722. The lowest BCUT2D eigenvalue weighted by Crippen LogP contribution is -2.46. The number of hydrogen-bond acceptors (Lipinski definition) is 4. The van der Waals surface area contributed by atoms with Crippen molar-refractivity contribution in [1.82, 2.24) is 5.32 Å². The summed E-state index contributed by atoms with van der Waals surface area (Å²) in [4.78, 5) is 23.4. The Balaban J connectivity index is 1.77. The summed E-state index contributed by atoms with van der Waals surface area (Å²) in [5, 5.41) is 11.6. The van der Waals surface area contributed by atoms with Crippen LogP contribution in [-0.2, 0) is 20.4 Å². The number of carboxylic acid groups (broad SMARTS) is 1. The number of rotatable bonds is 6. The van der Waals surface area contributed by atoms with Gasteiger partial charge in [-0.2, -0.15) is 0 Å². The third-order valence-corrected chi connectivity index (χ3v) is 6.23. The molecule has 7 heteroatoms. The number of amides is 1. The summed E-state index contributed by atoms with van der Waals surface area (Å²) in [5.41, 5.74) is 0.730. The smallest absolute Gasteiger partial charge is 0.306 e. The van der Waals surface area contributed by atoms with Gasteiger partial charge in [0.1, 0.15) is 0 Å². The summed E-state index contributed by atoms with van der Waals surface area (Å²) >= 11 is 0. The van der Waals surface area contributed by atoms with Gasteiger partial charge in [0.05, 0.1) is 22.1 Å². The maximum atomic E-state index is 12.8. The predicted molar refractivity (Wildman–Crippen MR) is 95.4 cm³/mol. The molecular weight excluding hydrogens is 354 g/mol. The molecule has 2 aromatic carbocycles. The van der Waals surface area contributed by atoms with Gasteiger partial charge in [-0.25, -0.2) is 8.42 Å². The molecule has 3 rings (SSSR count). The van der Waals surface area contributed by atoms with E-state index in [9.17, 15) is 18.0 Å². The highest BCUT2D eigenvalue weighted by molar-refractivity contribution is 7.90. The van der Waals surface area contributed by atoms with Gasteiger partial charge in [0.15, 0.2) is 9.84 Å². The van der Waals surface area contributed by atoms with Crippen LogP contribution in [0.1, 0.15) is 28.8 Å². The zero-order valence-corrected chi connectivity index (χ0v) is 14.8. The Morgan fingerprint density at radius 3 is 2.27 bits per heavy atom. The molecular formula is C19H19NO5S. The fraction of sp³-hybridized carbons (Fsp3) is 0.263. The summed E-state index contributed by atoms with van der Waals surface area (Å²) in [7, 11) is -3.69. The molecule has 0 atom stereocenters. The number of carbonyl (C=O) groups is 2. The van der Waals surface area contributed by atoms with E-state index in [1.807, 2.05) is 0 Å². The van der Waals surface area contributed by atoms with Gasteiger partial charge in [-0.05, 0) is 30.5 Å². The average molecular weight is 373 g/mol. The topological polar surface area (TPSA) is 101 Å². The van der Waals surface area contributed by atoms with E-state index in [4.69, 9.17) is 5.11 Å². The minimum atomic E-state index is -3.69. The van der Waals surface area contributed by atoms with Crippen molar-refractivity contribution in [2.75, 3.05) is 0 Å². The molecule has 1 saturated carbocycles. The molecule has 2 aromatic rings. The maximum Gasteiger partial charge on any atom is 0.306 e. The van der Waals surface area contributed by atoms with Crippen LogP contribution in [-0.4, -0.2) is 31.4 Å². The SMILES string of the molecule is O=C(NC1CC(C(=O)O)C1)c1ccccc1S(=O)(=O)Cc1ccccc1. The van der Waals surface area contributed by atoms with Crippen LogP contribution in [0.2, 0.25) is 0 Å². The Morgan fingerprint density at radius 2 is 1.62 bits per heavy atom. The highest BCUT2D eigenvalue weighted by Gasteiger charge is 2.36. The molecule has 0 spiro atoms. The normalized spacial score (nSPS) is 19.4. The highest BCUT2D eigenvalue weighted by Crippen LogP contribution is 2.28. The van der Waals surface area contributed by atoms with Crippen molar-refractivity contribution >= 4 is 21.7 Å². The number of sulfone groups is 1. The maximum absolute atomic E-state index is 12.8. The molecule has 0 saturated heterocycles. The van der Waals surface area contributed by atoms with Gasteiger partial charge in [0, 0.05) is 6.04 Å². The van der Waals surface area contributed by atoms with Gasteiger partial charge in [0.25, 0.3) is 5.91 Å². The summed E-state index contributed by atoms with van der Waals surface area (Å²) in [5.74, 6) is -2.01. The number of carboxylic acids is 1. The second-order valence-corrected chi connectivity index (χ2v) is 8.38. The average Bonchev–Trinajstić information content (AvgIpc) is 2.57. The van der Waals surface area contributed by atoms with Gasteiger partial charge < -0.3 is 10.4 Å². The van der Waals surface area contributed by atoms with Crippen molar-refractivity contribution in [2.24, 2.45) is 5.92 Å². The van der Waals surface area contributed by atoms with Gasteiger partial charge in [-0.3, -0.25) is 9.59 Å². The molecule has 0 unspecified atom stereocenters. The van der Waals surface area contributed by atoms with E-state index in [1.54, 1.807) is 42.5 Å². The number of aliphatic carboxylic acids is 1. The van der Waals surface area contributed by atoms with Crippen molar-refractivity contribution in [1.29, 1.82) is 0 Å². The van der Waals surface area contributed by atoms with Gasteiger partial charge in [-0.1, -0.05) is 42.5 Å². The van der Waals surface area contributed by atoms with Crippen LogP contribution in [0, 0.1) is 5.92 Å². The number of benzene rings is 2. The second kappa shape index (κ2) is 7.29. The first-order valence-corrected chi connectivity index (χ1v) is 9.91. The lowest BCUT2D eigenvalue weighted by Gasteiger charge is -2.33. The summed E-state index contributed by atoms with van der Waals surface area (Å²) in [6, 6.07) is 14.6. The molecule has 0 radical (unpaired) electrons. The quantitative estimate of drug-likeness (QED) is 0.809. The molecule has 1 aliphatic rings. The molecule has 0 aliphatic heterocycles. The first-order valence-electron chi connectivity index (χ1n) is 8.26. The molecule has 26 heavy (non-hydrogen) atoms. The first-order chi connectivity index (χ1) is 12.4. The zero-order valence-electron chi connectivity index (χ0n) is 14.0. The van der Waals surface area contributed by atoms with Crippen molar-refractivity contribution in [3.05, 3.63) is 65.7 Å². The minimum Gasteiger partial charge on any atom is -0.481 e. The Bertz CT molecular complexity index is 918. The Kier molecular flexibility index (Phi) is 5.08. The van der Waals surface area contributed by atoms with Crippen LogP contribution in [0.5, 0.6) is 0 Å². The van der Waals surface area contributed by atoms with E-state index in [2.05, 4.69) is 5.32 Å². The molecule has 0 aromatic heterocycles. The summed E-state index contributed by atoms with van der Waals surface area (Å²) in [6.45, 7) is 0. The van der Waals surface area contributed by atoms with Crippen molar-refractivity contribution < 1.29 is 23.1 Å². The standard InChI is InChI=1S/C19H19NO5S/c21-18(20-15-10-14(11-15)19(22)23)16-8-4-5-9-17(16)26(24,25)12-13-6-2-1-3-7-13/h1-9,14-15H,10-12H2,(H,20,21)(H,22,23). The molecule has 0 bridgehead atoms. The fourth-order valence-electron chi connectivity index (χ4n) is 3.00. The third-order valence-electron chi connectivity index (χ3n) is 4.49. The molecule has 136 valence electrons. The molecule has 1 fully saturated rings. The lowest BCUT2D eigenvalue weighted by molar-refractivity contribution is -0.145. The number of carbonyl (C=O) groups excluding carboxylic acids is 1. The summed E-state index contributed by atoms with van der Waals surface area (Å²) < 4.78 is 25.6. The molecule has 0 heterocycles. The predicted octanol–water partition coefficient (Wildman–Crippen LogP) is 2.25. The fourth-order valence-corrected chi connectivity index (χ4v) is 4.57. The van der Waals surface area contributed by atoms with E-state index in [1.165, 1.54) is 12.1 Å². The number of nitrogens with one attached hydrogen (secondary N) is 1. The van der Waals surface area contributed by atoms with Crippen LogP contribution in [0.25, 0.3) is 0 Å². The van der Waals surface area contributed by atoms with Crippen LogP contribution in [0.3, 0.4) is 0 Å². The number of hydrogen-bond donors (Lipinski definition) is 2. The van der Waals surface area contributed by atoms with Gasteiger partial charge >= 0.3 is 5.97 Å². The van der Waals surface area contributed by atoms with Crippen molar-refractivity contribution in [2.45, 2.75) is 29.5 Å². The molecule has 2 N–H and O–H groups in total. The zero-order chi connectivity index (χ0) is 18.7. The Hall–Kier alpha value is -2.67. The Morgan fingerprint density at radius 1 is 1.00 bits per heavy atom. The van der Waals surface area contributed by atoms with Crippen LogP contribution in [0.4, 0.5) is 0 Å².